The molecule has 0 aliphatic heterocycles. The Morgan fingerprint density at radius 3 is 2.59 bits per heavy atom. The standard InChI is InChI=1S/C13H21NO2S/c1-11(2)7-8-14-17(15,16)10-13-6-4-5-12(3)9-13/h4-6,9,11,14H,7-8,10H2,1-3H3. The monoisotopic (exact) mass is 255 g/mol. The van der Waals surface area contributed by atoms with Gasteiger partial charge in [-0.15, -0.1) is 0 Å². The van der Waals surface area contributed by atoms with Crippen LogP contribution in [-0.2, 0) is 15.8 Å². The van der Waals surface area contributed by atoms with E-state index in [0.717, 1.165) is 17.5 Å². The van der Waals surface area contributed by atoms with Crippen molar-refractivity contribution in [3.63, 3.8) is 0 Å². The van der Waals surface area contributed by atoms with Crippen LogP contribution < -0.4 is 4.72 Å². The van der Waals surface area contributed by atoms with Gasteiger partial charge < -0.3 is 0 Å². The molecular weight excluding hydrogens is 234 g/mol. The van der Waals surface area contributed by atoms with Crippen molar-refractivity contribution in [1.29, 1.82) is 0 Å². The lowest BCUT2D eigenvalue weighted by atomic mass is 10.1. The molecule has 0 atom stereocenters. The van der Waals surface area contributed by atoms with Crippen LogP contribution in [0.2, 0.25) is 0 Å². The first kappa shape index (κ1) is 14.2. The fourth-order valence-electron chi connectivity index (χ4n) is 1.58. The molecule has 1 N–H and O–H groups in total. The molecule has 0 radical (unpaired) electrons. The molecule has 0 saturated carbocycles. The average Bonchev–Trinajstić information content (AvgIpc) is 2.15. The van der Waals surface area contributed by atoms with E-state index in [2.05, 4.69) is 18.6 Å². The summed E-state index contributed by atoms with van der Waals surface area (Å²) >= 11 is 0. The molecule has 1 aromatic carbocycles. The molecule has 0 bridgehead atoms. The van der Waals surface area contributed by atoms with Gasteiger partial charge in [0.1, 0.15) is 0 Å². The SMILES string of the molecule is Cc1cccc(CS(=O)(=O)NCCC(C)C)c1. The number of aryl methyl sites for hydroxylation is 1. The summed E-state index contributed by atoms with van der Waals surface area (Å²) in [5, 5.41) is 0. The molecular formula is C13H21NO2S. The molecule has 0 heterocycles. The van der Waals surface area contributed by atoms with Crippen LogP contribution in [0.5, 0.6) is 0 Å². The number of nitrogens with one attached hydrogen (secondary N) is 1. The van der Waals surface area contributed by atoms with E-state index < -0.39 is 10.0 Å². The smallest absolute Gasteiger partial charge is 0.215 e. The van der Waals surface area contributed by atoms with Gasteiger partial charge in [0.05, 0.1) is 5.75 Å². The first-order valence-corrected chi connectivity index (χ1v) is 7.57. The van der Waals surface area contributed by atoms with Crippen LogP contribution in [0.1, 0.15) is 31.4 Å². The third kappa shape index (κ3) is 5.84. The van der Waals surface area contributed by atoms with Crippen molar-refractivity contribution < 1.29 is 8.42 Å². The predicted octanol–water partition coefficient (Wildman–Crippen LogP) is 2.46. The van der Waals surface area contributed by atoms with Gasteiger partial charge in [0.2, 0.25) is 10.0 Å². The molecule has 0 aliphatic carbocycles. The Balaban J connectivity index is 2.55. The van der Waals surface area contributed by atoms with E-state index in [1.807, 2.05) is 31.2 Å². The molecule has 0 fully saturated rings. The topological polar surface area (TPSA) is 46.2 Å². The predicted molar refractivity (Wildman–Crippen MR) is 71.3 cm³/mol. The van der Waals surface area contributed by atoms with E-state index in [0.29, 0.717) is 12.5 Å². The van der Waals surface area contributed by atoms with Crippen LogP contribution >= 0.6 is 0 Å². The second-order valence-electron chi connectivity index (χ2n) is 4.82. The summed E-state index contributed by atoms with van der Waals surface area (Å²) in [6.07, 6.45) is 0.868. The van der Waals surface area contributed by atoms with Crippen molar-refractivity contribution in [2.45, 2.75) is 32.9 Å². The number of benzene rings is 1. The highest BCUT2D eigenvalue weighted by molar-refractivity contribution is 7.88. The Labute approximate surface area is 104 Å². The molecule has 0 saturated heterocycles. The Morgan fingerprint density at radius 2 is 2.00 bits per heavy atom. The first-order chi connectivity index (χ1) is 7.89. The number of sulfonamides is 1. The Morgan fingerprint density at radius 1 is 1.29 bits per heavy atom. The molecule has 0 amide bonds. The molecule has 0 aliphatic rings. The normalized spacial score (nSPS) is 12.0. The Hall–Kier alpha value is -0.870. The van der Waals surface area contributed by atoms with Crippen LogP contribution in [0.15, 0.2) is 24.3 Å². The van der Waals surface area contributed by atoms with E-state index in [-0.39, 0.29) is 5.75 Å². The van der Waals surface area contributed by atoms with Crippen LogP contribution in [0, 0.1) is 12.8 Å². The third-order valence-corrected chi connectivity index (χ3v) is 3.84. The Bertz CT molecular complexity index is 452. The van der Waals surface area contributed by atoms with E-state index in [4.69, 9.17) is 0 Å². The van der Waals surface area contributed by atoms with Gasteiger partial charge in [0, 0.05) is 6.54 Å². The number of hydrogen-bond donors (Lipinski definition) is 1. The molecule has 0 spiro atoms. The first-order valence-electron chi connectivity index (χ1n) is 5.92. The summed E-state index contributed by atoms with van der Waals surface area (Å²) < 4.78 is 26.2. The summed E-state index contributed by atoms with van der Waals surface area (Å²) in [7, 11) is -3.20. The van der Waals surface area contributed by atoms with Crippen molar-refractivity contribution in [2.75, 3.05) is 6.54 Å². The van der Waals surface area contributed by atoms with Gasteiger partial charge in [0.15, 0.2) is 0 Å². The molecule has 3 nitrogen and oxygen atoms in total. The minimum absolute atomic E-state index is 0.0623. The molecule has 1 aromatic rings. The molecule has 1 rings (SSSR count). The highest BCUT2D eigenvalue weighted by Gasteiger charge is 2.11. The summed E-state index contributed by atoms with van der Waals surface area (Å²) in [4.78, 5) is 0. The van der Waals surface area contributed by atoms with Gasteiger partial charge in [-0.3, -0.25) is 0 Å². The fourth-order valence-corrected chi connectivity index (χ4v) is 2.72. The van der Waals surface area contributed by atoms with Crippen molar-refractivity contribution in [3.8, 4) is 0 Å². The maximum atomic E-state index is 11.8. The number of hydrogen-bond acceptors (Lipinski definition) is 2. The van der Waals surface area contributed by atoms with Gasteiger partial charge in [-0.2, -0.15) is 0 Å². The fraction of sp³-hybridized carbons (Fsp3) is 0.538. The molecule has 4 heteroatoms. The zero-order valence-corrected chi connectivity index (χ0v) is 11.5. The van der Waals surface area contributed by atoms with Crippen LogP contribution in [0.4, 0.5) is 0 Å². The van der Waals surface area contributed by atoms with Crippen molar-refractivity contribution >= 4 is 10.0 Å². The average molecular weight is 255 g/mol. The van der Waals surface area contributed by atoms with E-state index in [1.54, 1.807) is 0 Å². The molecule has 17 heavy (non-hydrogen) atoms. The van der Waals surface area contributed by atoms with Crippen LogP contribution in [0.25, 0.3) is 0 Å². The zero-order valence-electron chi connectivity index (χ0n) is 10.7. The minimum atomic E-state index is -3.20. The van der Waals surface area contributed by atoms with Gasteiger partial charge in [0.25, 0.3) is 0 Å². The summed E-state index contributed by atoms with van der Waals surface area (Å²) in [6, 6.07) is 7.59. The number of rotatable bonds is 6. The minimum Gasteiger partial charge on any atom is -0.215 e. The van der Waals surface area contributed by atoms with Crippen LogP contribution in [-0.4, -0.2) is 15.0 Å². The highest BCUT2D eigenvalue weighted by Crippen LogP contribution is 2.08. The van der Waals surface area contributed by atoms with E-state index in [1.165, 1.54) is 0 Å². The van der Waals surface area contributed by atoms with Gasteiger partial charge in [-0.25, -0.2) is 13.1 Å². The van der Waals surface area contributed by atoms with Gasteiger partial charge >= 0.3 is 0 Å². The van der Waals surface area contributed by atoms with E-state index in [9.17, 15) is 8.42 Å². The highest BCUT2D eigenvalue weighted by atomic mass is 32.2. The summed E-state index contributed by atoms with van der Waals surface area (Å²) in [6.45, 7) is 6.64. The zero-order chi connectivity index (χ0) is 12.9. The maximum Gasteiger partial charge on any atom is 0.215 e. The Kier molecular flexibility index (Phi) is 5.15. The molecule has 0 unspecified atom stereocenters. The summed E-state index contributed by atoms with van der Waals surface area (Å²) in [5.74, 6) is 0.573. The quantitative estimate of drug-likeness (QED) is 0.848. The van der Waals surface area contributed by atoms with Crippen molar-refractivity contribution in [1.82, 2.24) is 4.72 Å². The second-order valence-corrected chi connectivity index (χ2v) is 6.63. The van der Waals surface area contributed by atoms with E-state index >= 15 is 0 Å². The maximum absolute atomic E-state index is 11.8. The third-order valence-electron chi connectivity index (χ3n) is 2.48. The largest absolute Gasteiger partial charge is 0.215 e. The lowest BCUT2D eigenvalue weighted by molar-refractivity contribution is 0.551. The lowest BCUT2D eigenvalue weighted by Gasteiger charge is -2.08. The molecule has 0 aromatic heterocycles. The van der Waals surface area contributed by atoms with Crippen molar-refractivity contribution in [2.24, 2.45) is 5.92 Å². The second kappa shape index (κ2) is 6.17. The van der Waals surface area contributed by atoms with Gasteiger partial charge in [-0.05, 0) is 24.8 Å². The molecule has 96 valence electrons. The van der Waals surface area contributed by atoms with Crippen LogP contribution in [0.3, 0.4) is 0 Å². The van der Waals surface area contributed by atoms with Gasteiger partial charge in [-0.1, -0.05) is 43.7 Å². The lowest BCUT2D eigenvalue weighted by Crippen LogP contribution is -2.26. The summed E-state index contributed by atoms with van der Waals surface area (Å²) in [5.41, 5.74) is 1.92. The van der Waals surface area contributed by atoms with Crippen molar-refractivity contribution in [3.05, 3.63) is 35.4 Å².